The van der Waals surface area contributed by atoms with Gasteiger partial charge < -0.3 is 9.73 Å². The van der Waals surface area contributed by atoms with E-state index in [-0.39, 0.29) is 18.9 Å². The molecule has 0 bridgehead atoms. The standard InChI is InChI=1S/C16H15N3O3/c20-15(18-11-12-5-3-4-9-17-12)8-10-19-13-6-1-2-7-14(13)22-16(19)21/h1-7,9H,8,10-11H2,(H,18,20). The van der Waals surface area contributed by atoms with Crippen molar-refractivity contribution in [3.05, 3.63) is 64.9 Å². The average Bonchev–Trinajstić information content (AvgIpc) is 2.87. The highest BCUT2D eigenvalue weighted by atomic mass is 16.4. The SMILES string of the molecule is O=C(CCn1c(=O)oc2ccccc21)NCc1ccccn1. The normalized spacial score (nSPS) is 10.7. The molecule has 1 amide bonds. The van der Waals surface area contributed by atoms with Crippen molar-refractivity contribution < 1.29 is 9.21 Å². The number of pyridine rings is 1. The molecule has 0 radical (unpaired) electrons. The van der Waals surface area contributed by atoms with E-state index in [0.717, 1.165) is 5.69 Å². The van der Waals surface area contributed by atoms with E-state index in [1.807, 2.05) is 24.3 Å². The lowest BCUT2D eigenvalue weighted by molar-refractivity contribution is -0.121. The molecule has 3 rings (SSSR count). The quantitative estimate of drug-likeness (QED) is 0.777. The van der Waals surface area contributed by atoms with Gasteiger partial charge in [-0.05, 0) is 24.3 Å². The van der Waals surface area contributed by atoms with Gasteiger partial charge in [0.2, 0.25) is 5.91 Å². The first kappa shape index (κ1) is 14.1. The zero-order valence-corrected chi connectivity index (χ0v) is 11.9. The number of nitrogens with zero attached hydrogens (tertiary/aromatic N) is 2. The Hall–Kier alpha value is -2.89. The van der Waals surface area contributed by atoms with Gasteiger partial charge in [0, 0.05) is 19.2 Å². The molecular weight excluding hydrogens is 282 g/mol. The summed E-state index contributed by atoms with van der Waals surface area (Å²) in [5.41, 5.74) is 2.02. The Morgan fingerprint density at radius 3 is 2.82 bits per heavy atom. The second-order valence-electron chi connectivity index (χ2n) is 4.84. The molecular formula is C16H15N3O3. The first-order valence-electron chi connectivity index (χ1n) is 6.99. The van der Waals surface area contributed by atoms with E-state index in [0.29, 0.717) is 17.6 Å². The number of hydrogen-bond acceptors (Lipinski definition) is 4. The molecule has 6 nitrogen and oxygen atoms in total. The summed E-state index contributed by atoms with van der Waals surface area (Å²) < 4.78 is 6.59. The van der Waals surface area contributed by atoms with Gasteiger partial charge in [-0.25, -0.2) is 4.79 Å². The number of para-hydroxylation sites is 2. The predicted octanol–water partition coefficient (Wildman–Crippen LogP) is 1.70. The minimum Gasteiger partial charge on any atom is -0.408 e. The maximum absolute atomic E-state index is 11.9. The van der Waals surface area contributed by atoms with Gasteiger partial charge in [0.25, 0.3) is 0 Å². The van der Waals surface area contributed by atoms with Crippen molar-refractivity contribution >= 4 is 17.0 Å². The van der Waals surface area contributed by atoms with Gasteiger partial charge in [0.1, 0.15) is 0 Å². The topological polar surface area (TPSA) is 77.1 Å². The minimum atomic E-state index is -0.446. The summed E-state index contributed by atoms with van der Waals surface area (Å²) in [6.07, 6.45) is 1.88. The van der Waals surface area contributed by atoms with E-state index < -0.39 is 5.76 Å². The van der Waals surface area contributed by atoms with Crippen LogP contribution in [0.4, 0.5) is 0 Å². The third-order valence-corrected chi connectivity index (χ3v) is 3.33. The van der Waals surface area contributed by atoms with Crippen LogP contribution in [0.3, 0.4) is 0 Å². The highest BCUT2D eigenvalue weighted by Gasteiger charge is 2.10. The molecule has 0 fully saturated rings. The molecule has 22 heavy (non-hydrogen) atoms. The molecule has 0 unspecified atom stereocenters. The summed E-state index contributed by atoms with van der Waals surface area (Å²) in [5.74, 6) is -0.582. The van der Waals surface area contributed by atoms with E-state index >= 15 is 0 Å². The van der Waals surface area contributed by atoms with Crippen molar-refractivity contribution in [1.29, 1.82) is 0 Å². The van der Waals surface area contributed by atoms with Crippen molar-refractivity contribution in [2.75, 3.05) is 0 Å². The Balaban J connectivity index is 1.61. The fourth-order valence-corrected chi connectivity index (χ4v) is 2.22. The smallest absolute Gasteiger partial charge is 0.408 e. The van der Waals surface area contributed by atoms with Crippen LogP contribution in [0.15, 0.2) is 57.9 Å². The van der Waals surface area contributed by atoms with Crippen LogP contribution in [0.25, 0.3) is 11.1 Å². The molecule has 0 spiro atoms. The van der Waals surface area contributed by atoms with Gasteiger partial charge in [-0.3, -0.25) is 14.3 Å². The zero-order chi connectivity index (χ0) is 15.4. The Morgan fingerprint density at radius 1 is 1.18 bits per heavy atom. The van der Waals surface area contributed by atoms with Crippen LogP contribution in [0.5, 0.6) is 0 Å². The number of fused-ring (bicyclic) bond motifs is 1. The lowest BCUT2D eigenvalue weighted by atomic mass is 10.3. The maximum Gasteiger partial charge on any atom is 0.419 e. The number of carbonyl (C=O) groups excluding carboxylic acids is 1. The summed E-state index contributed by atoms with van der Waals surface area (Å²) in [6, 6.07) is 12.7. The summed E-state index contributed by atoms with van der Waals surface area (Å²) >= 11 is 0. The zero-order valence-electron chi connectivity index (χ0n) is 11.9. The highest BCUT2D eigenvalue weighted by molar-refractivity contribution is 5.76. The van der Waals surface area contributed by atoms with Gasteiger partial charge in [-0.15, -0.1) is 0 Å². The summed E-state index contributed by atoms with van der Waals surface area (Å²) in [5, 5.41) is 2.78. The molecule has 1 aromatic carbocycles. The summed E-state index contributed by atoms with van der Waals surface area (Å²) in [7, 11) is 0. The third-order valence-electron chi connectivity index (χ3n) is 3.33. The van der Waals surface area contributed by atoms with Gasteiger partial charge >= 0.3 is 5.76 Å². The minimum absolute atomic E-state index is 0.136. The second kappa shape index (κ2) is 6.26. The first-order chi connectivity index (χ1) is 10.7. The second-order valence-corrected chi connectivity index (χ2v) is 4.84. The van der Waals surface area contributed by atoms with Crippen LogP contribution in [-0.4, -0.2) is 15.5 Å². The molecule has 0 aliphatic heterocycles. The molecule has 0 saturated carbocycles. The van der Waals surface area contributed by atoms with Crippen molar-refractivity contribution in [1.82, 2.24) is 14.9 Å². The molecule has 2 aromatic heterocycles. The average molecular weight is 297 g/mol. The molecule has 112 valence electrons. The maximum atomic E-state index is 11.9. The van der Waals surface area contributed by atoms with Crippen LogP contribution in [0.2, 0.25) is 0 Å². The Morgan fingerprint density at radius 2 is 2.00 bits per heavy atom. The van der Waals surface area contributed by atoms with Gasteiger partial charge in [-0.2, -0.15) is 0 Å². The monoisotopic (exact) mass is 297 g/mol. The van der Waals surface area contributed by atoms with Gasteiger partial charge in [0.15, 0.2) is 5.58 Å². The summed E-state index contributed by atoms with van der Waals surface area (Å²) in [4.78, 5) is 27.8. The number of benzene rings is 1. The Labute approximate surface area is 126 Å². The molecule has 0 aliphatic carbocycles. The number of aryl methyl sites for hydroxylation is 1. The van der Waals surface area contributed by atoms with Crippen LogP contribution >= 0.6 is 0 Å². The predicted molar refractivity (Wildman–Crippen MR) is 81.2 cm³/mol. The Kier molecular flexibility index (Phi) is 4.00. The number of oxazole rings is 1. The molecule has 0 saturated heterocycles. The van der Waals surface area contributed by atoms with Crippen molar-refractivity contribution in [2.45, 2.75) is 19.5 Å². The van der Waals surface area contributed by atoms with Crippen LogP contribution in [0.1, 0.15) is 12.1 Å². The summed E-state index contributed by atoms with van der Waals surface area (Å²) in [6.45, 7) is 0.657. The van der Waals surface area contributed by atoms with Gasteiger partial charge in [0.05, 0.1) is 17.8 Å². The van der Waals surface area contributed by atoms with Crippen LogP contribution < -0.4 is 11.1 Å². The van der Waals surface area contributed by atoms with Gasteiger partial charge in [-0.1, -0.05) is 18.2 Å². The van der Waals surface area contributed by atoms with E-state index in [1.165, 1.54) is 4.57 Å². The molecule has 0 aliphatic rings. The molecule has 1 N–H and O–H groups in total. The van der Waals surface area contributed by atoms with E-state index in [1.54, 1.807) is 24.4 Å². The number of nitrogens with one attached hydrogen (secondary N) is 1. The number of amides is 1. The van der Waals surface area contributed by atoms with Crippen molar-refractivity contribution in [3.8, 4) is 0 Å². The highest BCUT2D eigenvalue weighted by Crippen LogP contribution is 2.11. The van der Waals surface area contributed by atoms with E-state index in [4.69, 9.17) is 4.42 Å². The number of carbonyl (C=O) groups is 1. The Bertz CT molecular complexity index is 836. The van der Waals surface area contributed by atoms with E-state index in [2.05, 4.69) is 10.3 Å². The lowest BCUT2D eigenvalue weighted by Crippen LogP contribution is -2.26. The van der Waals surface area contributed by atoms with Crippen LogP contribution in [0, 0.1) is 0 Å². The van der Waals surface area contributed by atoms with E-state index in [9.17, 15) is 9.59 Å². The third kappa shape index (κ3) is 3.06. The molecule has 3 aromatic rings. The van der Waals surface area contributed by atoms with Crippen molar-refractivity contribution in [2.24, 2.45) is 0 Å². The van der Waals surface area contributed by atoms with Crippen molar-refractivity contribution in [3.63, 3.8) is 0 Å². The number of hydrogen-bond donors (Lipinski definition) is 1. The number of rotatable bonds is 5. The largest absolute Gasteiger partial charge is 0.419 e. The fourth-order valence-electron chi connectivity index (χ4n) is 2.22. The first-order valence-corrected chi connectivity index (χ1v) is 6.99. The fraction of sp³-hybridized carbons (Fsp3) is 0.188. The number of aromatic nitrogens is 2. The lowest BCUT2D eigenvalue weighted by Gasteiger charge is -2.05. The molecule has 0 atom stereocenters. The van der Waals surface area contributed by atoms with Crippen LogP contribution in [-0.2, 0) is 17.9 Å². The molecule has 2 heterocycles. The molecule has 6 heteroatoms.